The maximum atomic E-state index is 13.4. The van der Waals surface area contributed by atoms with Crippen LogP contribution < -0.4 is 14.4 Å². The van der Waals surface area contributed by atoms with E-state index in [0.29, 0.717) is 41.2 Å². The third kappa shape index (κ3) is 5.15. The van der Waals surface area contributed by atoms with Crippen molar-refractivity contribution in [3.8, 4) is 11.5 Å². The Kier molecular flexibility index (Phi) is 7.47. The summed E-state index contributed by atoms with van der Waals surface area (Å²) in [5.41, 5.74) is 1.59. The number of fused-ring (bicyclic) bond motifs is 1. The quantitative estimate of drug-likeness (QED) is 0.492. The first-order valence-corrected chi connectivity index (χ1v) is 11.6. The highest BCUT2D eigenvalue weighted by atomic mass is 35.5. The van der Waals surface area contributed by atoms with Gasteiger partial charge in [0.15, 0.2) is 5.13 Å². The van der Waals surface area contributed by atoms with Crippen LogP contribution in [0.2, 0.25) is 5.02 Å². The van der Waals surface area contributed by atoms with Crippen LogP contribution in [0.3, 0.4) is 0 Å². The van der Waals surface area contributed by atoms with Gasteiger partial charge in [-0.25, -0.2) is 4.98 Å². The molecule has 3 aromatic rings. The van der Waals surface area contributed by atoms with E-state index in [-0.39, 0.29) is 12.3 Å². The van der Waals surface area contributed by atoms with Crippen molar-refractivity contribution in [3.63, 3.8) is 0 Å². The number of hydrogen-bond donors (Lipinski definition) is 0. The van der Waals surface area contributed by atoms with E-state index >= 15 is 0 Å². The van der Waals surface area contributed by atoms with Crippen LogP contribution in [0.5, 0.6) is 11.5 Å². The van der Waals surface area contributed by atoms with Crippen molar-refractivity contribution in [2.45, 2.75) is 6.42 Å². The Labute approximate surface area is 196 Å². The topological polar surface area (TPSA) is 64.1 Å². The zero-order valence-electron chi connectivity index (χ0n) is 18.2. The minimum Gasteiger partial charge on any atom is -0.497 e. The summed E-state index contributed by atoms with van der Waals surface area (Å²) in [4.78, 5) is 22.2. The second-order valence-corrected chi connectivity index (χ2v) is 8.83. The van der Waals surface area contributed by atoms with Crippen LogP contribution in [0.25, 0.3) is 10.2 Å². The molecule has 1 aliphatic rings. The fraction of sp³-hybridized carbons (Fsp3) is 0.391. The number of amides is 1. The van der Waals surface area contributed by atoms with E-state index in [9.17, 15) is 4.79 Å². The minimum absolute atomic E-state index is 0.0161. The second kappa shape index (κ2) is 10.5. The predicted molar refractivity (Wildman–Crippen MR) is 127 cm³/mol. The van der Waals surface area contributed by atoms with Crippen molar-refractivity contribution < 1.29 is 19.0 Å². The van der Waals surface area contributed by atoms with Crippen molar-refractivity contribution in [3.05, 3.63) is 47.0 Å². The normalized spacial score (nSPS) is 14.5. The largest absolute Gasteiger partial charge is 0.497 e. The maximum absolute atomic E-state index is 13.4. The summed E-state index contributed by atoms with van der Waals surface area (Å²) >= 11 is 7.83. The summed E-state index contributed by atoms with van der Waals surface area (Å²) in [5, 5.41) is 1.22. The van der Waals surface area contributed by atoms with Crippen LogP contribution in [-0.4, -0.2) is 69.4 Å². The lowest BCUT2D eigenvalue weighted by molar-refractivity contribution is -0.118. The Morgan fingerprint density at radius 1 is 1.16 bits per heavy atom. The number of rotatable bonds is 8. The van der Waals surface area contributed by atoms with Gasteiger partial charge in [0.2, 0.25) is 5.91 Å². The van der Waals surface area contributed by atoms with Crippen molar-refractivity contribution in [2.24, 2.45) is 0 Å². The highest BCUT2D eigenvalue weighted by Gasteiger charge is 2.23. The molecule has 1 aromatic heterocycles. The summed E-state index contributed by atoms with van der Waals surface area (Å²) in [6.45, 7) is 4.44. The molecule has 0 unspecified atom stereocenters. The van der Waals surface area contributed by atoms with Crippen molar-refractivity contribution >= 4 is 44.2 Å². The maximum Gasteiger partial charge on any atom is 0.233 e. The van der Waals surface area contributed by atoms with Crippen molar-refractivity contribution in [1.82, 2.24) is 9.88 Å². The summed E-state index contributed by atoms with van der Waals surface area (Å²) in [6, 6.07) is 11.1. The highest BCUT2D eigenvalue weighted by molar-refractivity contribution is 7.23. The number of thiazole rings is 1. The average molecular weight is 476 g/mol. The zero-order valence-corrected chi connectivity index (χ0v) is 19.7. The molecule has 0 aliphatic carbocycles. The number of halogens is 1. The number of methoxy groups -OCH3 is 2. The molecule has 0 radical (unpaired) electrons. The minimum atomic E-state index is -0.0161. The number of nitrogens with zero attached hydrogens (tertiary/aromatic N) is 3. The van der Waals surface area contributed by atoms with E-state index in [4.69, 9.17) is 30.8 Å². The summed E-state index contributed by atoms with van der Waals surface area (Å²) < 4.78 is 16.9. The number of carbonyl (C=O) groups is 1. The standard InChI is InChI=1S/C23H26ClN3O4S/c1-29-17-5-3-16(4-6-17)15-20(28)27(10-9-26-11-13-31-14-12-26)23-25-21-19(30-2)8-7-18(24)22(21)32-23/h3-8H,9-15H2,1-2H3. The molecule has 0 atom stereocenters. The predicted octanol–water partition coefficient (Wildman–Crippen LogP) is 3.87. The number of morpholine rings is 1. The molecule has 170 valence electrons. The molecule has 4 rings (SSSR count). The molecule has 0 saturated carbocycles. The van der Waals surface area contributed by atoms with E-state index < -0.39 is 0 Å². The van der Waals surface area contributed by atoms with E-state index in [0.717, 1.165) is 35.6 Å². The van der Waals surface area contributed by atoms with E-state index in [1.165, 1.54) is 11.3 Å². The van der Waals surface area contributed by atoms with Crippen LogP contribution >= 0.6 is 22.9 Å². The van der Waals surface area contributed by atoms with Gasteiger partial charge in [-0.1, -0.05) is 35.1 Å². The van der Waals surface area contributed by atoms with Gasteiger partial charge < -0.3 is 14.2 Å². The molecule has 32 heavy (non-hydrogen) atoms. The van der Waals surface area contributed by atoms with Crippen LogP contribution in [0.1, 0.15) is 5.56 Å². The monoisotopic (exact) mass is 475 g/mol. The Balaban J connectivity index is 1.61. The van der Waals surface area contributed by atoms with Crippen LogP contribution in [0, 0.1) is 0 Å². The fourth-order valence-corrected chi connectivity index (χ4v) is 4.93. The fourth-order valence-electron chi connectivity index (χ4n) is 3.63. The molecule has 0 spiro atoms. The number of aromatic nitrogens is 1. The summed E-state index contributed by atoms with van der Waals surface area (Å²) in [5.74, 6) is 1.39. The first kappa shape index (κ1) is 22.8. The van der Waals surface area contributed by atoms with E-state index in [1.54, 1.807) is 31.3 Å². The third-order valence-electron chi connectivity index (χ3n) is 5.46. The lowest BCUT2D eigenvalue weighted by Crippen LogP contribution is -2.43. The molecule has 7 nitrogen and oxygen atoms in total. The molecule has 1 aliphatic heterocycles. The van der Waals surface area contributed by atoms with Gasteiger partial charge in [0, 0.05) is 26.2 Å². The van der Waals surface area contributed by atoms with Crippen LogP contribution in [-0.2, 0) is 16.0 Å². The van der Waals surface area contributed by atoms with Crippen LogP contribution in [0.15, 0.2) is 36.4 Å². The summed E-state index contributed by atoms with van der Waals surface area (Å²) in [7, 11) is 3.23. The molecule has 9 heteroatoms. The smallest absolute Gasteiger partial charge is 0.233 e. The first-order chi connectivity index (χ1) is 15.6. The van der Waals surface area contributed by atoms with Gasteiger partial charge in [-0.15, -0.1) is 0 Å². The van der Waals surface area contributed by atoms with Gasteiger partial charge >= 0.3 is 0 Å². The number of hydrogen-bond acceptors (Lipinski definition) is 7. The summed E-state index contributed by atoms with van der Waals surface area (Å²) in [6.07, 6.45) is 0.272. The molecule has 1 fully saturated rings. The average Bonchev–Trinajstić information content (AvgIpc) is 3.27. The molecule has 0 bridgehead atoms. The lowest BCUT2D eigenvalue weighted by atomic mass is 10.1. The Morgan fingerprint density at radius 2 is 1.91 bits per heavy atom. The van der Waals surface area contributed by atoms with Crippen LogP contribution in [0.4, 0.5) is 5.13 Å². The Morgan fingerprint density at radius 3 is 2.59 bits per heavy atom. The van der Waals surface area contributed by atoms with Crippen molar-refractivity contribution in [2.75, 3.05) is 58.5 Å². The SMILES string of the molecule is COc1ccc(CC(=O)N(CCN2CCOCC2)c2nc3c(OC)ccc(Cl)c3s2)cc1. The molecule has 0 N–H and O–H groups in total. The molecular weight excluding hydrogens is 450 g/mol. The second-order valence-electron chi connectivity index (χ2n) is 7.45. The highest BCUT2D eigenvalue weighted by Crippen LogP contribution is 2.38. The van der Waals surface area contributed by atoms with Gasteiger partial charge in [-0.2, -0.15) is 0 Å². The molecular formula is C23H26ClN3O4S. The molecule has 2 heterocycles. The van der Waals surface area contributed by atoms with E-state index in [1.807, 2.05) is 24.3 Å². The number of anilines is 1. The van der Waals surface area contributed by atoms with Gasteiger partial charge in [0.25, 0.3) is 0 Å². The Bertz CT molecular complexity index is 1070. The molecule has 1 amide bonds. The molecule has 2 aromatic carbocycles. The van der Waals surface area contributed by atoms with Gasteiger partial charge in [0.05, 0.1) is 43.6 Å². The first-order valence-electron chi connectivity index (χ1n) is 10.5. The van der Waals surface area contributed by atoms with Crippen molar-refractivity contribution in [1.29, 1.82) is 0 Å². The number of carbonyl (C=O) groups excluding carboxylic acids is 1. The van der Waals surface area contributed by atoms with E-state index in [2.05, 4.69) is 4.90 Å². The zero-order chi connectivity index (χ0) is 22.5. The van der Waals surface area contributed by atoms with Gasteiger partial charge in [0.1, 0.15) is 17.0 Å². The van der Waals surface area contributed by atoms with Gasteiger partial charge in [-0.3, -0.25) is 14.6 Å². The third-order valence-corrected chi connectivity index (χ3v) is 7.00. The number of benzene rings is 2. The lowest BCUT2D eigenvalue weighted by Gasteiger charge is -2.29. The van der Waals surface area contributed by atoms with Gasteiger partial charge in [-0.05, 0) is 29.8 Å². The Hall–Kier alpha value is -2.39. The molecule has 1 saturated heterocycles. The number of ether oxygens (including phenoxy) is 3.